The van der Waals surface area contributed by atoms with Gasteiger partial charge in [-0.3, -0.25) is 0 Å². The van der Waals surface area contributed by atoms with Crippen molar-refractivity contribution in [3.8, 4) is 22.3 Å². The molecular weight excluding hydrogens is 707 g/mol. The van der Waals surface area contributed by atoms with Crippen LogP contribution < -0.4 is 4.90 Å². The molecule has 2 heteroatoms. The second-order valence-corrected chi connectivity index (χ2v) is 16.6. The Kier molecular flexibility index (Phi) is 6.31. The van der Waals surface area contributed by atoms with Gasteiger partial charge in [-0.15, -0.1) is 11.3 Å². The summed E-state index contributed by atoms with van der Waals surface area (Å²) in [5.41, 5.74) is 13.7. The number of thiophene rings is 1. The number of hydrogen-bond acceptors (Lipinski definition) is 2. The zero-order chi connectivity index (χ0) is 37.2. The molecule has 0 amide bonds. The third-order valence-corrected chi connectivity index (χ3v) is 14.0. The van der Waals surface area contributed by atoms with E-state index in [9.17, 15) is 0 Å². The van der Waals surface area contributed by atoms with Crippen LogP contribution in [-0.2, 0) is 5.41 Å². The fraction of sp³-hybridized carbons (Fsp3) is 0.0182. The van der Waals surface area contributed by atoms with Crippen LogP contribution in [0.15, 0.2) is 200 Å². The van der Waals surface area contributed by atoms with Crippen LogP contribution in [0, 0.1) is 0 Å². The fourth-order valence-electron chi connectivity index (χ4n) is 10.6. The Morgan fingerprint density at radius 2 is 0.772 bits per heavy atom. The molecule has 0 saturated heterocycles. The average Bonchev–Trinajstić information content (AvgIpc) is 3.91. The summed E-state index contributed by atoms with van der Waals surface area (Å²) in [7, 11) is 0. The minimum atomic E-state index is -0.430. The second-order valence-electron chi connectivity index (χ2n) is 15.5. The SMILES string of the molecule is c1ccc2c(c1)-c1ccccc1C21c2ccccc2-c2ccc(N(c3ccc4c5ccccc5c5ccccc5c4c3)c3cccc4sc5ccccc5c34)cc21. The van der Waals surface area contributed by atoms with Gasteiger partial charge < -0.3 is 4.90 Å². The topological polar surface area (TPSA) is 3.24 Å². The highest BCUT2D eigenvalue weighted by Crippen LogP contribution is 2.63. The van der Waals surface area contributed by atoms with Crippen molar-refractivity contribution in [2.45, 2.75) is 5.41 Å². The van der Waals surface area contributed by atoms with Crippen LogP contribution in [0.4, 0.5) is 17.1 Å². The lowest BCUT2D eigenvalue weighted by Gasteiger charge is -2.32. The number of fused-ring (bicyclic) bond motifs is 19. The summed E-state index contributed by atoms with van der Waals surface area (Å²) in [5.74, 6) is 0. The third kappa shape index (κ3) is 4.07. The van der Waals surface area contributed by atoms with Crippen molar-refractivity contribution >= 4 is 80.9 Å². The molecule has 0 aliphatic heterocycles. The Morgan fingerprint density at radius 1 is 0.316 bits per heavy atom. The molecular formula is C55H33NS. The monoisotopic (exact) mass is 739 g/mol. The van der Waals surface area contributed by atoms with Gasteiger partial charge in [0.1, 0.15) is 0 Å². The van der Waals surface area contributed by atoms with Gasteiger partial charge in [-0.2, -0.15) is 0 Å². The normalized spacial score (nSPS) is 13.4. The first-order valence-corrected chi connectivity index (χ1v) is 20.6. The van der Waals surface area contributed by atoms with E-state index in [4.69, 9.17) is 0 Å². The van der Waals surface area contributed by atoms with E-state index in [1.165, 1.54) is 103 Å². The molecule has 2 aliphatic rings. The minimum absolute atomic E-state index is 0.430. The number of anilines is 3. The Balaban J connectivity index is 1.14. The third-order valence-electron chi connectivity index (χ3n) is 12.8. The van der Waals surface area contributed by atoms with Gasteiger partial charge in [0.25, 0.3) is 0 Å². The van der Waals surface area contributed by atoms with E-state index in [0.29, 0.717) is 0 Å². The van der Waals surface area contributed by atoms with E-state index < -0.39 is 5.41 Å². The number of nitrogens with zero attached hydrogens (tertiary/aromatic N) is 1. The molecule has 13 rings (SSSR count). The Labute approximate surface area is 334 Å². The van der Waals surface area contributed by atoms with Crippen LogP contribution in [0.2, 0.25) is 0 Å². The summed E-state index contributed by atoms with van der Waals surface area (Å²) < 4.78 is 2.60. The van der Waals surface area contributed by atoms with E-state index >= 15 is 0 Å². The van der Waals surface area contributed by atoms with Crippen LogP contribution in [0.5, 0.6) is 0 Å². The van der Waals surface area contributed by atoms with E-state index in [0.717, 1.165) is 11.4 Å². The molecule has 1 heterocycles. The fourth-order valence-corrected chi connectivity index (χ4v) is 11.8. The van der Waals surface area contributed by atoms with E-state index in [1.54, 1.807) is 0 Å². The van der Waals surface area contributed by atoms with Crippen molar-refractivity contribution in [3.63, 3.8) is 0 Å². The van der Waals surface area contributed by atoms with Crippen molar-refractivity contribution in [1.29, 1.82) is 0 Å². The summed E-state index contributed by atoms with van der Waals surface area (Å²) in [4.78, 5) is 2.54. The number of rotatable bonds is 3. The number of benzene rings is 10. The zero-order valence-electron chi connectivity index (χ0n) is 30.9. The first-order valence-electron chi connectivity index (χ1n) is 19.8. The zero-order valence-corrected chi connectivity index (χ0v) is 31.7. The Hall–Kier alpha value is -7.00. The van der Waals surface area contributed by atoms with Crippen molar-refractivity contribution in [2.24, 2.45) is 0 Å². The van der Waals surface area contributed by atoms with E-state index in [1.807, 2.05) is 11.3 Å². The first kappa shape index (κ1) is 31.2. The van der Waals surface area contributed by atoms with Gasteiger partial charge in [0.15, 0.2) is 0 Å². The van der Waals surface area contributed by atoms with Crippen LogP contribution in [0.25, 0.3) is 74.7 Å². The molecule has 0 radical (unpaired) electrons. The summed E-state index contributed by atoms with van der Waals surface area (Å²) in [6.07, 6.45) is 0. The van der Waals surface area contributed by atoms with Crippen molar-refractivity contribution in [3.05, 3.63) is 222 Å². The second kappa shape index (κ2) is 11.5. The van der Waals surface area contributed by atoms with E-state index in [2.05, 4.69) is 205 Å². The van der Waals surface area contributed by atoms with E-state index in [-0.39, 0.29) is 0 Å². The molecule has 1 spiro atoms. The predicted octanol–water partition coefficient (Wildman–Crippen LogP) is 15.3. The van der Waals surface area contributed by atoms with Crippen LogP contribution in [0.1, 0.15) is 22.3 Å². The molecule has 1 aromatic heterocycles. The molecule has 0 fully saturated rings. The summed E-state index contributed by atoms with van der Waals surface area (Å²) in [6, 6.07) is 75.1. The van der Waals surface area contributed by atoms with Gasteiger partial charge in [-0.25, -0.2) is 0 Å². The first-order chi connectivity index (χ1) is 28.3. The van der Waals surface area contributed by atoms with Gasteiger partial charge in [0, 0.05) is 31.5 Å². The molecule has 57 heavy (non-hydrogen) atoms. The molecule has 0 atom stereocenters. The average molecular weight is 740 g/mol. The van der Waals surface area contributed by atoms with Crippen LogP contribution in [0.3, 0.4) is 0 Å². The molecule has 1 nitrogen and oxygen atoms in total. The van der Waals surface area contributed by atoms with Crippen molar-refractivity contribution in [1.82, 2.24) is 0 Å². The maximum absolute atomic E-state index is 2.54. The van der Waals surface area contributed by atoms with Gasteiger partial charge in [0.2, 0.25) is 0 Å². The summed E-state index contributed by atoms with van der Waals surface area (Å²) in [6.45, 7) is 0. The maximum Gasteiger partial charge on any atom is 0.0726 e. The van der Waals surface area contributed by atoms with Crippen molar-refractivity contribution < 1.29 is 0 Å². The summed E-state index contributed by atoms with van der Waals surface area (Å²) >= 11 is 1.87. The molecule has 11 aromatic rings. The standard InChI is InChI=1S/C55H33NS/c1-2-16-38-36(14-1)37-15-3-4-17-39(37)46-32-34(28-30-40(38)46)56(51-25-13-27-53-54(51)45-21-8-12-26-52(45)57-53)35-29-31-44-43-20-7-11-24-49(43)55(50(44)33-35)47-22-9-5-18-41(47)42-19-6-10-23-48(42)55/h1-33H. The predicted molar refractivity (Wildman–Crippen MR) is 243 cm³/mol. The molecule has 0 N–H and O–H groups in total. The maximum atomic E-state index is 2.54. The Morgan fingerprint density at radius 3 is 1.40 bits per heavy atom. The largest absolute Gasteiger partial charge is 0.310 e. The quantitative estimate of drug-likeness (QED) is 0.163. The lowest BCUT2D eigenvalue weighted by Crippen LogP contribution is -2.26. The van der Waals surface area contributed by atoms with Gasteiger partial charge in [0.05, 0.1) is 11.1 Å². The summed E-state index contributed by atoms with van der Waals surface area (Å²) in [5, 5.41) is 10.2. The van der Waals surface area contributed by atoms with Crippen LogP contribution in [-0.4, -0.2) is 0 Å². The Bertz CT molecular complexity index is 3400. The molecule has 2 aliphatic carbocycles. The molecule has 264 valence electrons. The van der Waals surface area contributed by atoms with Gasteiger partial charge in [-0.1, -0.05) is 158 Å². The van der Waals surface area contributed by atoms with Crippen LogP contribution >= 0.6 is 11.3 Å². The molecule has 0 bridgehead atoms. The van der Waals surface area contributed by atoms with Gasteiger partial charge >= 0.3 is 0 Å². The minimum Gasteiger partial charge on any atom is -0.310 e. The lowest BCUT2D eigenvalue weighted by atomic mass is 9.70. The van der Waals surface area contributed by atoms with Crippen molar-refractivity contribution in [2.75, 3.05) is 4.90 Å². The highest BCUT2D eigenvalue weighted by molar-refractivity contribution is 7.26. The lowest BCUT2D eigenvalue weighted by molar-refractivity contribution is 0.793. The van der Waals surface area contributed by atoms with Gasteiger partial charge in [-0.05, 0) is 119 Å². The molecule has 10 aromatic carbocycles. The molecule has 0 unspecified atom stereocenters. The molecule has 0 saturated carbocycles. The highest BCUT2D eigenvalue weighted by atomic mass is 32.1. The smallest absolute Gasteiger partial charge is 0.0726 e. The highest BCUT2D eigenvalue weighted by Gasteiger charge is 2.51. The number of hydrogen-bond donors (Lipinski definition) is 0.